The Morgan fingerprint density at radius 2 is 2.03 bits per heavy atom. The Kier molecular flexibility index (Phi) is 6.35. The molecule has 0 saturated heterocycles. The van der Waals surface area contributed by atoms with Gasteiger partial charge in [-0.2, -0.15) is 15.8 Å². The van der Waals surface area contributed by atoms with Crippen molar-refractivity contribution in [1.29, 1.82) is 10.8 Å². The Bertz CT molecular complexity index is 1120. The predicted octanol–water partition coefficient (Wildman–Crippen LogP) is 4.92. The van der Waals surface area contributed by atoms with Gasteiger partial charge in [-0.05, 0) is 48.9 Å². The SMILES string of the molecule is Cc1cc(-c2cccc(C#N)n2)ccc1OCc1ccccc1NC(=O)N(C)N=N. The number of carbonyl (C=O) groups excluding carboxylic acids is 1. The second-order valence-electron chi connectivity index (χ2n) is 6.50. The minimum Gasteiger partial charge on any atom is -0.489 e. The molecule has 0 aliphatic rings. The van der Waals surface area contributed by atoms with Gasteiger partial charge in [-0.3, -0.25) is 0 Å². The Morgan fingerprint density at radius 3 is 2.77 bits per heavy atom. The minimum atomic E-state index is -0.509. The molecule has 1 heterocycles. The monoisotopic (exact) mass is 400 g/mol. The number of pyridine rings is 1. The summed E-state index contributed by atoms with van der Waals surface area (Å²) in [4.78, 5) is 16.3. The fraction of sp³-hybridized carbons (Fsp3) is 0.136. The van der Waals surface area contributed by atoms with Crippen molar-refractivity contribution in [3.63, 3.8) is 0 Å². The van der Waals surface area contributed by atoms with Crippen LogP contribution in [0.3, 0.4) is 0 Å². The average molecular weight is 400 g/mol. The van der Waals surface area contributed by atoms with Gasteiger partial charge >= 0.3 is 6.03 Å². The molecule has 0 spiro atoms. The maximum atomic E-state index is 12.0. The van der Waals surface area contributed by atoms with Crippen molar-refractivity contribution in [3.8, 4) is 23.1 Å². The van der Waals surface area contributed by atoms with E-state index in [0.717, 1.165) is 27.4 Å². The van der Waals surface area contributed by atoms with Crippen LogP contribution in [0.15, 0.2) is 65.9 Å². The van der Waals surface area contributed by atoms with E-state index in [9.17, 15) is 4.79 Å². The van der Waals surface area contributed by atoms with Gasteiger partial charge < -0.3 is 10.1 Å². The molecular formula is C22H20N6O2. The summed E-state index contributed by atoms with van der Waals surface area (Å²) in [6, 6.07) is 19.9. The van der Waals surface area contributed by atoms with Gasteiger partial charge in [-0.25, -0.2) is 9.78 Å². The van der Waals surface area contributed by atoms with Crippen LogP contribution in [0.25, 0.3) is 11.3 Å². The number of aromatic nitrogens is 1. The molecule has 0 aliphatic heterocycles. The molecule has 0 aliphatic carbocycles. The van der Waals surface area contributed by atoms with Gasteiger partial charge in [0.05, 0.1) is 5.69 Å². The number of nitriles is 1. The predicted molar refractivity (Wildman–Crippen MR) is 112 cm³/mol. The number of hydrogen-bond donors (Lipinski definition) is 2. The Hall–Kier alpha value is -4.25. The lowest BCUT2D eigenvalue weighted by atomic mass is 10.1. The number of nitrogens with zero attached hydrogens (tertiary/aromatic N) is 4. The number of ether oxygens (including phenoxy) is 1. The Labute approximate surface area is 174 Å². The molecule has 0 unspecified atom stereocenters. The van der Waals surface area contributed by atoms with Crippen LogP contribution in [0, 0.1) is 23.8 Å². The van der Waals surface area contributed by atoms with E-state index in [1.54, 1.807) is 24.3 Å². The minimum absolute atomic E-state index is 0.251. The highest BCUT2D eigenvalue weighted by Gasteiger charge is 2.11. The number of rotatable bonds is 6. The fourth-order valence-electron chi connectivity index (χ4n) is 2.79. The third-order valence-electron chi connectivity index (χ3n) is 4.42. The van der Waals surface area contributed by atoms with Crippen LogP contribution in [0.1, 0.15) is 16.8 Å². The molecule has 2 aromatic carbocycles. The molecule has 8 nitrogen and oxygen atoms in total. The Morgan fingerprint density at radius 1 is 1.23 bits per heavy atom. The van der Waals surface area contributed by atoms with Crippen LogP contribution in [0.5, 0.6) is 5.75 Å². The van der Waals surface area contributed by atoms with Crippen molar-refractivity contribution >= 4 is 11.7 Å². The maximum absolute atomic E-state index is 12.0. The highest BCUT2D eigenvalue weighted by molar-refractivity contribution is 5.89. The molecule has 0 fully saturated rings. The van der Waals surface area contributed by atoms with E-state index in [2.05, 4.69) is 15.5 Å². The first-order chi connectivity index (χ1) is 14.5. The largest absolute Gasteiger partial charge is 0.489 e. The van der Waals surface area contributed by atoms with E-state index in [1.165, 1.54) is 7.05 Å². The number of nitrogens with one attached hydrogen (secondary N) is 2. The van der Waals surface area contributed by atoms with E-state index >= 15 is 0 Å². The van der Waals surface area contributed by atoms with Crippen LogP contribution in [-0.4, -0.2) is 23.1 Å². The van der Waals surface area contributed by atoms with Crippen LogP contribution in [-0.2, 0) is 6.61 Å². The van der Waals surface area contributed by atoms with Crippen molar-refractivity contribution in [1.82, 2.24) is 9.99 Å². The molecule has 2 amide bonds. The lowest BCUT2D eigenvalue weighted by Gasteiger charge is -2.15. The first-order valence-electron chi connectivity index (χ1n) is 9.13. The second kappa shape index (κ2) is 9.30. The molecule has 1 aromatic heterocycles. The normalized spacial score (nSPS) is 10.0. The summed E-state index contributed by atoms with van der Waals surface area (Å²) in [6.45, 7) is 2.19. The first-order valence-corrected chi connectivity index (χ1v) is 9.13. The van der Waals surface area contributed by atoms with Gasteiger partial charge in [0.15, 0.2) is 0 Å². The highest BCUT2D eigenvalue weighted by Crippen LogP contribution is 2.27. The molecule has 0 atom stereocenters. The summed E-state index contributed by atoms with van der Waals surface area (Å²) >= 11 is 0. The third-order valence-corrected chi connectivity index (χ3v) is 4.42. The van der Waals surface area contributed by atoms with E-state index in [-0.39, 0.29) is 6.61 Å². The first kappa shape index (κ1) is 20.5. The van der Waals surface area contributed by atoms with Gasteiger partial charge in [0.2, 0.25) is 0 Å². The van der Waals surface area contributed by atoms with Gasteiger partial charge in [0, 0.05) is 23.9 Å². The molecule has 0 bridgehead atoms. The van der Waals surface area contributed by atoms with E-state index < -0.39 is 6.03 Å². The number of aryl methyl sites for hydroxylation is 1. The summed E-state index contributed by atoms with van der Waals surface area (Å²) in [5.74, 6) is 0.703. The number of carbonyl (C=O) groups is 1. The molecule has 2 N–H and O–H groups in total. The van der Waals surface area contributed by atoms with Crippen molar-refractivity contribution in [2.45, 2.75) is 13.5 Å². The van der Waals surface area contributed by atoms with Crippen molar-refractivity contribution in [2.24, 2.45) is 5.22 Å². The zero-order valence-electron chi connectivity index (χ0n) is 16.6. The zero-order chi connectivity index (χ0) is 21.5. The lowest BCUT2D eigenvalue weighted by molar-refractivity contribution is 0.220. The number of benzene rings is 2. The second-order valence-corrected chi connectivity index (χ2v) is 6.50. The van der Waals surface area contributed by atoms with Crippen LogP contribution in [0.4, 0.5) is 10.5 Å². The summed E-state index contributed by atoms with van der Waals surface area (Å²) in [7, 11) is 1.40. The standard InChI is InChI=1S/C22H20N6O2/c1-15-12-16(19-9-5-7-18(13-23)25-19)10-11-21(15)30-14-17-6-3-4-8-20(17)26-22(29)28(2)27-24/h3-12,24H,14H2,1-2H3,(H,26,29). The number of amides is 2. The molecule has 8 heteroatoms. The van der Waals surface area contributed by atoms with Crippen LogP contribution < -0.4 is 10.1 Å². The van der Waals surface area contributed by atoms with E-state index in [4.69, 9.17) is 15.5 Å². The fourth-order valence-corrected chi connectivity index (χ4v) is 2.79. The summed E-state index contributed by atoms with van der Waals surface area (Å²) in [5, 5.41) is 15.7. The number of urea groups is 1. The number of anilines is 1. The van der Waals surface area contributed by atoms with Gasteiger partial charge in [0.25, 0.3) is 0 Å². The molecular weight excluding hydrogens is 380 g/mol. The topological polar surface area (TPSA) is 114 Å². The number of para-hydroxylation sites is 1. The smallest absolute Gasteiger partial charge is 0.343 e. The van der Waals surface area contributed by atoms with Gasteiger partial charge in [-0.15, -0.1) is 0 Å². The van der Waals surface area contributed by atoms with Gasteiger partial charge in [0.1, 0.15) is 24.1 Å². The maximum Gasteiger partial charge on any atom is 0.343 e. The van der Waals surface area contributed by atoms with Crippen molar-refractivity contribution in [2.75, 3.05) is 12.4 Å². The Balaban J connectivity index is 1.75. The van der Waals surface area contributed by atoms with Crippen LogP contribution >= 0.6 is 0 Å². The molecule has 30 heavy (non-hydrogen) atoms. The summed E-state index contributed by atoms with van der Waals surface area (Å²) in [5.41, 5.74) is 11.2. The molecule has 150 valence electrons. The molecule has 0 saturated carbocycles. The van der Waals surface area contributed by atoms with E-state index in [0.29, 0.717) is 17.1 Å². The zero-order valence-corrected chi connectivity index (χ0v) is 16.6. The number of hydrogen-bond acceptors (Lipinski definition) is 6. The highest BCUT2D eigenvalue weighted by atomic mass is 16.5. The lowest BCUT2D eigenvalue weighted by Crippen LogP contribution is -2.26. The third kappa shape index (κ3) is 4.77. The van der Waals surface area contributed by atoms with Crippen molar-refractivity contribution in [3.05, 3.63) is 77.5 Å². The van der Waals surface area contributed by atoms with Gasteiger partial charge in [-0.1, -0.05) is 29.5 Å². The van der Waals surface area contributed by atoms with E-state index in [1.807, 2.05) is 49.4 Å². The van der Waals surface area contributed by atoms with Crippen molar-refractivity contribution < 1.29 is 9.53 Å². The summed E-state index contributed by atoms with van der Waals surface area (Å²) < 4.78 is 5.97. The molecule has 0 radical (unpaired) electrons. The molecule has 3 aromatic rings. The summed E-state index contributed by atoms with van der Waals surface area (Å²) in [6.07, 6.45) is 0. The molecule has 3 rings (SSSR count). The quantitative estimate of drug-likeness (QED) is 0.451. The van der Waals surface area contributed by atoms with Crippen LogP contribution in [0.2, 0.25) is 0 Å². The average Bonchev–Trinajstić information content (AvgIpc) is 2.78.